The highest BCUT2D eigenvalue weighted by atomic mass is 32.2. The molecule has 1 saturated heterocycles. The van der Waals surface area contributed by atoms with E-state index in [1.165, 1.54) is 23.5 Å². The summed E-state index contributed by atoms with van der Waals surface area (Å²) in [6.45, 7) is 3.93. The molecule has 1 aromatic rings. The molecule has 0 bridgehead atoms. The standard InChI is InChI=1S/C14H20FNO4S/c1-10-9-16(7-6-14(10,2)17)21(18,19)11-4-5-13(20-3)12(15)8-11/h4-5,8,10,17H,6-7,9H2,1-3H3/t10-,14+/m1/s1. The molecule has 1 fully saturated rings. The van der Waals surface area contributed by atoms with E-state index in [0.29, 0.717) is 6.42 Å². The van der Waals surface area contributed by atoms with Gasteiger partial charge in [0.15, 0.2) is 11.6 Å². The molecule has 0 aromatic heterocycles. The molecule has 0 aliphatic carbocycles. The number of ether oxygens (including phenoxy) is 1. The van der Waals surface area contributed by atoms with E-state index >= 15 is 0 Å². The summed E-state index contributed by atoms with van der Waals surface area (Å²) in [6, 6.07) is 3.59. The van der Waals surface area contributed by atoms with Crippen molar-refractivity contribution in [3.05, 3.63) is 24.0 Å². The first-order valence-electron chi connectivity index (χ1n) is 6.74. The fraction of sp³-hybridized carbons (Fsp3) is 0.571. The summed E-state index contributed by atoms with van der Waals surface area (Å²) < 4.78 is 44.8. The molecule has 0 radical (unpaired) electrons. The highest BCUT2D eigenvalue weighted by molar-refractivity contribution is 7.89. The Kier molecular flexibility index (Phi) is 4.28. The molecule has 21 heavy (non-hydrogen) atoms. The van der Waals surface area contributed by atoms with Crippen LogP contribution in [0.2, 0.25) is 0 Å². The monoisotopic (exact) mass is 317 g/mol. The van der Waals surface area contributed by atoms with Gasteiger partial charge in [0.1, 0.15) is 0 Å². The number of halogens is 1. The van der Waals surface area contributed by atoms with Gasteiger partial charge in [-0.1, -0.05) is 6.92 Å². The predicted molar refractivity (Wildman–Crippen MR) is 76.1 cm³/mol. The minimum atomic E-state index is -3.77. The Morgan fingerprint density at radius 1 is 1.48 bits per heavy atom. The summed E-state index contributed by atoms with van der Waals surface area (Å²) >= 11 is 0. The number of aliphatic hydroxyl groups is 1. The van der Waals surface area contributed by atoms with Crippen LogP contribution in [0.15, 0.2) is 23.1 Å². The molecule has 7 heteroatoms. The van der Waals surface area contributed by atoms with E-state index in [1.807, 2.05) is 0 Å². The maximum Gasteiger partial charge on any atom is 0.243 e. The van der Waals surface area contributed by atoms with E-state index < -0.39 is 21.4 Å². The molecule has 1 aliphatic heterocycles. The quantitative estimate of drug-likeness (QED) is 0.920. The van der Waals surface area contributed by atoms with Crippen molar-refractivity contribution in [1.82, 2.24) is 4.31 Å². The van der Waals surface area contributed by atoms with E-state index in [4.69, 9.17) is 4.74 Å². The van der Waals surface area contributed by atoms with E-state index in [-0.39, 0.29) is 29.7 Å². The van der Waals surface area contributed by atoms with Crippen LogP contribution in [-0.4, -0.2) is 43.6 Å². The van der Waals surface area contributed by atoms with Gasteiger partial charge in [-0.05, 0) is 37.5 Å². The fourth-order valence-electron chi connectivity index (χ4n) is 2.37. The van der Waals surface area contributed by atoms with Crippen molar-refractivity contribution in [2.75, 3.05) is 20.2 Å². The van der Waals surface area contributed by atoms with Crippen LogP contribution >= 0.6 is 0 Å². The van der Waals surface area contributed by atoms with Crippen LogP contribution < -0.4 is 4.74 Å². The number of rotatable bonds is 3. The molecule has 1 aromatic carbocycles. The highest BCUT2D eigenvalue weighted by Crippen LogP contribution is 2.31. The lowest BCUT2D eigenvalue weighted by atomic mass is 9.85. The van der Waals surface area contributed by atoms with Crippen LogP contribution in [0, 0.1) is 11.7 Å². The normalized spacial score (nSPS) is 27.6. The van der Waals surface area contributed by atoms with Crippen molar-refractivity contribution >= 4 is 10.0 Å². The van der Waals surface area contributed by atoms with Crippen LogP contribution in [-0.2, 0) is 10.0 Å². The van der Waals surface area contributed by atoms with Crippen molar-refractivity contribution in [2.45, 2.75) is 30.8 Å². The van der Waals surface area contributed by atoms with Gasteiger partial charge in [-0.15, -0.1) is 0 Å². The molecule has 2 atom stereocenters. The number of methoxy groups -OCH3 is 1. The maximum absolute atomic E-state index is 13.7. The molecule has 5 nitrogen and oxygen atoms in total. The molecular weight excluding hydrogens is 297 g/mol. The predicted octanol–water partition coefficient (Wildman–Crippen LogP) is 1.62. The summed E-state index contributed by atoms with van der Waals surface area (Å²) in [7, 11) is -2.45. The summed E-state index contributed by atoms with van der Waals surface area (Å²) in [6.07, 6.45) is 0.353. The van der Waals surface area contributed by atoms with Gasteiger partial charge >= 0.3 is 0 Å². The van der Waals surface area contributed by atoms with Crippen molar-refractivity contribution in [3.8, 4) is 5.75 Å². The van der Waals surface area contributed by atoms with Gasteiger partial charge in [-0.2, -0.15) is 4.31 Å². The first-order valence-corrected chi connectivity index (χ1v) is 8.18. The lowest BCUT2D eigenvalue weighted by Gasteiger charge is -2.40. The van der Waals surface area contributed by atoms with E-state index in [1.54, 1.807) is 13.8 Å². The minimum absolute atomic E-state index is 0.00361. The molecule has 1 heterocycles. The Labute approximate surface area is 124 Å². The number of hydrogen-bond donors (Lipinski definition) is 1. The summed E-state index contributed by atoms with van der Waals surface area (Å²) in [5.74, 6) is -0.899. The first kappa shape index (κ1) is 16.2. The Bertz CT molecular complexity index is 630. The maximum atomic E-state index is 13.7. The topological polar surface area (TPSA) is 66.8 Å². The van der Waals surface area contributed by atoms with Crippen LogP contribution in [0.4, 0.5) is 4.39 Å². The summed E-state index contributed by atoms with van der Waals surface area (Å²) in [4.78, 5) is -0.102. The zero-order valence-electron chi connectivity index (χ0n) is 12.3. The minimum Gasteiger partial charge on any atom is -0.494 e. The third kappa shape index (κ3) is 3.04. The number of sulfonamides is 1. The number of piperidine rings is 1. The number of hydrogen-bond acceptors (Lipinski definition) is 4. The zero-order valence-corrected chi connectivity index (χ0v) is 13.2. The molecule has 118 valence electrons. The Balaban J connectivity index is 2.29. The first-order chi connectivity index (χ1) is 9.68. The Morgan fingerprint density at radius 3 is 2.67 bits per heavy atom. The molecule has 0 unspecified atom stereocenters. The van der Waals surface area contributed by atoms with Crippen LogP contribution in [0.25, 0.3) is 0 Å². The summed E-state index contributed by atoms with van der Waals surface area (Å²) in [5, 5.41) is 10.1. The van der Waals surface area contributed by atoms with Gasteiger partial charge in [0.2, 0.25) is 10.0 Å². The van der Waals surface area contributed by atoms with Gasteiger partial charge in [-0.25, -0.2) is 12.8 Å². The molecule has 1 aliphatic rings. The highest BCUT2D eigenvalue weighted by Gasteiger charge is 2.39. The Morgan fingerprint density at radius 2 is 2.14 bits per heavy atom. The summed E-state index contributed by atoms with van der Waals surface area (Å²) in [5.41, 5.74) is -0.878. The van der Waals surface area contributed by atoms with Crippen LogP contribution in [0.3, 0.4) is 0 Å². The molecule has 0 saturated carbocycles. The van der Waals surface area contributed by atoms with Gasteiger partial charge in [0, 0.05) is 13.1 Å². The van der Waals surface area contributed by atoms with Crippen molar-refractivity contribution in [1.29, 1.82) is 0 Å². The molecule has 0 amide bonds. The Hall–Kier alpha value is -1.18. The lowest BCUT2D eigenvalue weighted by Crippen LogP contribution is -2.50. The lowest BCUT2D eigenvalue weighted by molar-refractivity contribution is -0.0333. The zero-order chi connectivity index (χ0) is 15.8. The van der Waals surface area contributed by atoms with Crippen molar-refractivity contribution in [3.63, 3.8) is 0 Å². The van der Waals surface area contributed by atoms with Gasteiger partial charge in [-0.3, -0.25) is 0 Å². The van der Waals surface area contributed by atoms with Crippen molar-refractivity contribution in [2.24, 2.45) is 5.92 Å². The molecule has 1 N–H and O–H groups in total. The van der Waals surface area contributed by atoms with E-state index in [0.717, 1.165) is 6.07 Å². The third-order valence-corrected chi connectivity index (χ3v) is 6.03. The molecular formula is C14H20FNO4S. The van der Waals surface area contributed by atoms with Crippen LogP contribution in [0.1, 0.15) is 20.3 Å². The average Bonchev–Trinajstić information content (AvgIpc) is 2.41. The van der Waals surface area contributed by atoms with Crippen LogP contribution in [0.5, 0.6) is 5.75 Å². The van der Waals surface area contributed by atoms with Gasteiger partial charge < -0.3 is 9.84 Å². The average molecular weight is 317 g/mol. The van der Waals surface area contributed by atoms with E-state index in [9.17, 15) is 17.9 Å². The smallest absolute Gasteiger partial charge is 0.243 e. The largest absolute Gasteiger partial charge is 0.494 e. The van der Waals surface area contributed by atoms with E-state index in [2.05, 4.69) is 0 Å². The third-order valence-electron chi connectivity index (χ3n) is 4.17. The second kappa shape index (κ2) is 5.55. The number of nitrogens with zero attached hydrogens (tertiary/aromatic N) is 1. The molecule has 2 rings (SSSR count). The second-order valence-corrected chi connectivity index (χ2v) is 7.61. The number of benzene rings is 1. The van der Waals surface area contributed by atoms with Crippen molar-refractivity contribution < 1.29 is 22.7 Å². The van der Waals surface area contributed by atoms with Gasteiger partial charge in [0.05, 0.1) is 17.6 Å². The second-order valence-electron chi connectivity index (χ2n) is 5.67. The molecule has 0 spiro atoms. The SMILES string of the molecule is COc1ccc(S(=O)(=O)N2CC[C@](C)(O)[C@H](C)C2)cc1F. The fourth-order valence-corrected chi connectivity index (χ4v) is 3.91. The van der Waals surface area contributed by atoms with Gasteiger partial charge in [0.25, 0.3) is 0 Å².